The van der Waals surface area contributed by atoms with Gasteiger partial charge in [0, 0.05) is 16.6 Å². The Bertz CT molecular complexity index is 1200. The van der Waals surface area contributed by atoms with Gasteiger partial charge < -0.3 is 9.47 Å². The number of hydrogen-bond acceptors (Lipinski definition) is 4. The minimum Gasteiger partial charge on any atom is -0.490 e. The van der Waals surface area contributed by atoms with Crippen LogP contribution in [0.25, 0.3) is 16.5 Å². The van der Waals surface area contributed by atoms with Crippen molar-refractivity contribution in [2.24, 2.45) is 5.11 Å². The van der Waals surface area contributed by atoms with Gasteiger partial charge in [0.15, 0.2) is 7.05 Å². The molecule has 6 nitrogen and oxygen atoms in total. The summed E-state index contributed by atoms with van der Waals surface area (Å²) in [5.74, 6) is 1.36. The molecule has 0 saturated heterocycles. The average Bonchev–Trinajstić information content (AvgIpc) is 3.08. The van der Waals surface area contributed by atoms with Crippen LogP contribution in [0.4, 0.5) is 11.4 Å². The van der Waals surface area contributed by atoms with Gasteiger partial charge in [-0.1, -0.05) is 47.2 Å². The van der Waals surface area contributed by atoms with Crippen molar-refractivity contribution in [2.45, 2.75) is 6.92 Å². The van der Waals surface area contributed by atoms with Crippen molar-refractivity contribution in [3.63, 3.8) is 0 Å². The molecule has 1 heterocycles. The summed E-state index contributed by atoms with van der Waals surface area (Å²) in [7, 11) is 5.20. The number of fused-ring (bicyclic) bond motifs is 1. The third-order valence-electron chi connectivity index (χ3n) is 4.84. The fourth-order valence-corrected chi connectivity index (χ4v) is 3.45. The highest BCUT2D eigenvalue weighted by molar-refractivity contribution is 5.91. The van der Waals surface area contributed by atoms with Crippen LogP contribution in [0.2, 0.25) is 0 Å². The Morgan fingerprint density at radius 3 is 2.34 bits per heavy atom. The molecule has 0 unspecified atom stereocenters. The Hall–Kier alpha value is -3.67. The molecule has 0 amide bonds. The van der Waals surface area contributed by atoms with Crippen molar-refractivity contribution in [3.8, 4) is 17.3 Å². The third kappa shape index (κ3) is 3.33. The van der Waals surface area contributed by atoms with E-state index in [-0.39, 0.29) is 0 Å². The summed E-state index contributed by atoms with van der Waals surface area (Å²) in [6, 6.07) is 22.1. The zero-order valence-corrected chi connectivity index (χ0v) is 17.0. The molecule has 4 aromatic rings. The van der Waals surface area contributed by atoms with Crippen LogP contribution >= 0.6 is 0 Å². The lowest BCUT2D eigenvalue weighted by molar-refractivity contribution is -0.476. The van der Waals surface area contributed by atoms with Gasteiger partial charge in [0.1, 0.15) is 0 Å². The zero-order chi connectivity index (χ0) is 20.4. The second-order valence-corrected chi connectivity index (χ2v) is 6.65. The van der Waals surface area contributed by atoms with E-state index in [4.69, 9.17) is 14.6 Å². The van der Waals surface area contributed by atoms with Crippen molar-refractivity contribution in [1.29, 1.82) is 0 Å². The summed E-state index contributed by atoms with van der Waals surface area (Å²) in [4.78, 5) is 0. The fraction of sp³-hybridized carbons (Fsp3) is 0.174. The third-order valence-corrected chi connectivity index (χ3v) is 4.84. The molecule has 3 aromatic carbocycles. The first-order valence-corrected chi connectivity index (χ1v) is 9.34. The molecule has 0 radical (unpaired) electrons. The Kier molecular flexibility index (Phi) is 4.99. The first-order chi connectivity index (χ1) is 14.1. The van der Waals surface area contributed by atoms with Gasteiger partial charge in [-0.2, -0.15) is 9.78 Å². The zero-order valence-electron chi connectivity index (χ0n) is 17.0. The molecule has 1 aromatic heterocycles. The standard InChI is InChI=1S/C23H23N4O2/c1-16-21(23(29-4)27(24-16)18-11-6-5-7-12-18)25-26(2)20-15-14-17-10-8-9-13-19(17)22(20)28-3/h5-15H,1-4H3/q+1. The van der Waals surface area contributed by atoms with Gasteiger partial charge in [0.05, 0.1) is 25.6 Å². The lowest BCUT2D eigenvalue weighted by atomic mass is 10.1. The molecule has 0 fully saturated rings. The minimum atomic E-state index is 0.584. The quantitative estimate of drug-likeness (QED) is 0.340. The van der Waals surface area contributed by atoms with E-state index in [1.54, 1.807) is 23.6 Å². The lowest BCUT2D eigenvalue weighted by Gasteiger charge is -2.07. The number of hydrogen-bond donors (Lipinski definition) is 0. The van der Waals surface area contributed by atoms with Crippen LogP contribution in [0.1, 0.15) is 5.69 Å². The van der Waals surface area contributed by atoms with E-state index in [2.05, 4.69) is 17.2 Å². The summed E-state index contributed by atoms with van der Waals surface area (Å²) in [6.45, 7) is 1.92. The molecule has 0 aliphatic heterocycles. The second kappa shape index (κ2) is 7.75. The van der Waals surface area contributed by atoms with E-state index >= 15 is 0 Å². The number of rotatable bonds is 5. The Balaban J connectivity index is 1.85. The van der Waals surface area contributed by atoms with E-state index in [1.165, 1.54) is 0 Å². The SMILES string of the molecule is COc1c([N+](C)=Nc2c(C)nn(-c3ccccc3)c2OC)ccc2ccccc12. The van der Waals surface area contributed by atoms with Gasteiger partial charge in [-0.25, -0.2) is 0 Å². The number of nitrogens with zero attached hydrogens (tertiary/aromatic N) is 4. The number of benzene rings is 3. The topological polar surface area (TPSA) is 51.7 Å². The first kappa shape index (κ1) is 18.7. The Morgan fingerprint density at radius 2 is 1.62 bits per heavy atom. The monoisotopic (exact) mass is 387 g/mol. The largest absolute Gasteiger partial charge is 0.490 e. The Labute approximate surface area is 169 Å². The highest BCUT2D eigenvalue weighted by Crippen LogP contribution is 2.38. The predicted octanol–water partition coefficient (Wildman–Crippen LogP) is 5.41. The summed E-state index contributed by atoms with van der Waals surface area (Å²) >= 11 is 0. The molecule has 29 heavy (non-hydrogen) atoms. The van der Waals surface area contributed by atoms with E-state index in [9.17, 15) is 0 Å². The number of ether oxygens (including phenoxy) is 2. The molecule has 0 saturated carbocycles. The van der Waals surface area contributed by atoms with Gasteiger partial charge in [0.25, 0.3) is 5.69 Å². The molecular weight excluding hydrogens is 364 g/mol. The molecule has 0 atom stereocenters. The van der Waals surface area contributed by atoms with Crippen molar-refractivity contribution in [1.82, 2.24) is 9.78 Å². The highest BCUT2D eigenvalue weighted by atomic mass is 16.5. The van der Waals surface area contributed by atoms with Gasteiger partial charge in [0.2, 0.25) is 17.3 Å². The van der Waals surface area contributed by atoms with Crippen LogP contribution in [0, 0.1) is 6.92 Å². The maximum Gasteiger partial charge on any atom is 0.273 e. The lowest BCUT2D eigenvalue weighted by Crippen LogP contribution is -2.00. The van der Waals surface area contributed by atoms with Crippen molar-refractivity contribution in [3.05, 3.63) is 72.4 Å². The number of aryl methyl sites for hydroxylation is 1. The van der Waals surface area contributed by atoms with Crippen LogP contribution in [-0.2, 0) is 0 Å². The number of aromatic nitrogens is 2. The number of para-hydroxylation sites is 1. The molecule has 6 heteroatoms. The van der Waals surface area contributed by atoms with Gasteiger partial charge in [-0.05, 0) is 30.5 Å². The van der Waals surface area contributed by atoms with Crippen molar-refractivity contribution < 1.29 is 14.2 Å². The first-order valence-electron chi connectivity index (χ1n) is 9.34. The van der Waals surface area contributed by atoms with Crippen LogP contribution < -0.4 is 9.47 Å². The average molecular weight is 387 g/mol. The molecule has 0 N–H and O–H groups in total. The van der Waals surface area contributed by atoms with Gasteiger partial charge >= 0.3 is 0 Å². The molecule has 0 aliphatic carbocycles. The summed E-state index contributed by atoms with van der Waals surface area (Å²) < 4.78 is 15.0. The summed E-state index contributed by atoms with van der Waals surface area (Å²) in [5, 5.41) is 11.6. The van der Waals surface area contributed by atoms with E-state index in [0.717, 1.165) is 33.6 Å². The molecular formula is C23H23N4O2+. The maximum atomic E-state index is 5.73. The smallest absolute Gasteiger partial charge is 0.273 e. The summed E-state index contributed by atoms with van der Waals surface area (Å²) in [6.07, 6.45) is 0. The fourth-order valence-electron chi connectivity index (χ4n) is 3.45. The van der Waals surface area contributed by atoms with Crippen molar-refractivity contribution >= 4 is 22.1 Å². The predicted molar refractivity (Wildman–Crippen MR) is 113 cm³/mol. The minimum absolute atomic E-state index is 0.584. The van der Waals surface area contributed by atoms with E-state index in [1.807, 2.05) is 68.6 Å². The molecule has 0 bridgehead atoms. The molecule has 0 aliphatic rings. The molecule has 146 valence electrons. The van der Waals surface area contributed by atoms with Crippen molar-refractivity contribution in [2.75, 3.05) is 21.3 Å². The van der Waals surface area contributed by atoms with E-state index in [0.29, 0.717) is 11.6 Å². The normalized spacial score (nSPS) is 11.7. The highest BCUT2D eigenvalue weighted by Gasteiger charge is 2.23. The number of methoxy groups -OCH3 is 2. The second-order valence-electron chi connectivity index (χ2n) is 6.65. The van der Waals surface area contributed by atoms with Gasteiger partial charge in [-0.3, -0.25) is 0 Å². The molecule has 4 rings (SSSR count). The van der Waals surface area contributed by atoms with Crippen LogP contribution in [0.3, 0.4) is 0 Å². The maximum absolute atomic E-state index is 5.73. The molecule has 0 spiro atoms. The summed E-state index contributed by atoms with van der Waals surface area (Å²) in [5.41, 5.74) is 3.23. The van der Waals surface area contributed by atoms with Crippen LogP contribution in [-0.4, -0.2) is 35.7 Å². The van der Waals surface area contributed by atoms with Crippen LogP contribution in [0.15, 0.2) is 71.8 Å². The van der Waals surface area contributed by atoms with Crippen LogP contribution in [0.5, 0.6) is 11.6 Å². The van der Waals surface area contributed by atoms with Gasteiger partial charge in [-0.15, -0.1) is 0 Å². The number of azo groups is 2. The van der Waals surface area contributed by atoms with E-state index < -0.39 is 0 Å². The Morgan fingerprint density at radius 1 is 0.897 bits per heavy atom.